The van der Waals surface area contributed by atoms with Crippen molar-refractivity contribution in [3.8, 4) is 5.75 Å². The average Bonchev–Trinajstić information content (AvgIpc) is 3.04. The second-order valence-corrected chi connectivity index (χ2v) is 8.31. The Hall–Kier alpha value is -3.07. The first-order chi connectivity index (χ1) is 13.4. The summed E-state index contributed by atoms with van der Waals surface area (Å²) in [4.78, 5) is 41.1. The van der Waals surface area contributed by atoms with E-state index >= 15 is 0 Å². The van der Waals surface area contributed by atoms with E-state index in [-0.39, 0.29) is 39.6 Å². The molecular formula is C19H22ClN5O4. The maximum atomic E-state index is 12.6. The third-order valence-corrected chi connectivity index (χ3v) is 5.01. The molecule has 1 amide bonds. The molecule has 3 aromatic rings. The van der Waals surface area contributed by atoms with Crippen molar-refractivity contribution in [2.45, 2.75) is 32.7 Å². The van der Waals surface area contributed by atoms with Crippen molar-refractivity contribution in [1.29, 1.82) is 0 Å². The summed E-state index contributed by atoms with van der Waals surface area (Å²) in [6.07, 6.45) is 1.32. The molecule has 0 aliphatic heterocycles. The predicted octanol–water partition coefficient (Wildman–Crippen LogP) is 1.73. The minimum absolute atomic E-state index is 0.0861. The Morgan fingerprint density at radius 2 is 1.86 bits per heavy atom. The molecule has 0 atom stereocenters. The third kappa shape index (κ3) is 3.65. The van der Waals surface area contributed by atoms with Gasteiger partial charge in [0.1, 0.15) is 12.2 Å². The van der Waals surface area contributed by atoms with Gasteiger partial charge in [0, 0.05) is 14.1 Å². The number of phenols is 1. The van der Waals surface area contributed by atoms with Gasteiger partial charge in [-0.2, -0.15) is 0 Å². The van der Waals surface area contributed by atoms with Gasteiger partial charge in [0.05, 0.1) is 17.0 Å². The highest BCUT2D eigenvalue weighted by Gasteiger charge is 2.20. The van der Waals surface area contributed by atoms with Gasteiger partial charge in [-0.1, -0.05) is 32.4 Å². The van der Waals surface area contributed by atoms with E-state index in [1.165, 1.54) is 29.6 Å². The molecule has 0 aliphatic rings. The average molecular weight is 420 g/mol. The molecule has 10 heteroatoms. The van der Waals surface area contributed by atoms with Crippen LogP contribution in [0.5, 0.6) is 5.75 Å². The van der Waals surface area contributed by atoms with Crippen LogP contribution in [0.2, 0.25) is 5.02 Å². The number of aromatic nitrogens is 4. The number of fused-ring (bicyclic) bond motifs is 1. The fourth-order valence-electron chi connectivity index (χ4n) is 3.03. The van der Waals surface area contributed by atoms with E-state index in [1.54, 1.807) is 12.1 Å². The Balaban J connectivity index is 1.96. The lowest BCUT2D eigenvalue weighted by Gasteiger charge is -2.21. The van der Waals surface area contributed by atoms with E-state index in [4.69, 9.17) is 11.6 Å². The number of aromatic hydroxyl groups is 1. The van der Waals surface area contributed by atoms with E-state index in [2.05, 4.69) is 10.3 Å². The maximum absolute atomic E-state index is 12.6. The number of phenolic OH excluding ortho intramolecular Hbond substituents is 1. The summed E-state index contributed by atoms with van der Waals surface area (Å²) < 4.78 is 3.61. The quantitative estimate of drug-likeness (QED) is 0.628. The molecule has 3 rings (SSSR count). The Labute approximate surface area is 171 Å². The number of benzene rings is 1. The van der Waals surface area contributed by atoms with Crippen LogP contribution in [0.4, 0.5) is 5.69 Å². The molecule has 9 nitrogen and oxygen atoms in total. The number of aryl methyl sites for hydroxylation is 1. The summed E-state index contributed by atoms with van der Waals surface area (Å²) in [6.45, 7) is 5.74. The number of nitrogens with zero attached hydrogens (tertiary/aromatic N) is 4. The van der Waals surface area contributed by atoms with Gasteiger partial charge in [-0.15, -0.1) is 0 Å². The molecule has 2 heterocycles. The van der Waals surface area contributed by atoms with Crippen LogP contribution < -0.4 is 16.6 Å². The van der Waals surface area contributed by atoms with Crippen LogP contribution in [0.15, 0.2) is 28.0 Å². The molecule has 0 radical (unpaired) electrons. The highest BCUT2D eigenvalue weighted by molar-refractivity contribution is 6.32. The number of imidazole rings is 1. The number of rotatable bonds is 3. The number of hydrogen-bond acceptors (Lipinski definition) is 5. The first-order valence-corrected chi connectivity index (χ1v) is 9.23. The molecule has 2 N–H and O–H groups in total. The van der Waals surface area contributed by atoms with Gasteiger partial charge in [0.25, 0.3) is 5.56 Å². The summed E-state index contributed by atoms with van der Waals surface area (Å²) in [5.74, 6) is -0.709. The number of hydrogen-bond donors (Lipinski definition) is 2. The Morgan fingerprint density at radius 3 is 2.48 bits per heavy atom. The highest BCUT2D eigenvalue weighted by Crippen LogP contribution is 2.37. The molecule has 2 aromatic heterocycles. The van der Waals surface area contributed by atoms with Gasteiger partial charge in [-0.05, 0) is 23.1 Å². The van der Waals surface area contributed by atoms with Crippen molar-refractivity contribution in [3.05, 3.63) is 49.9 Å². The SMILES string of the molecule is Cn1c(=O)c2ncn(CC(=O)Nc3cc(C(C)(C)C)cc(Cl)c3O)c2n(C)c1=O. The van der Waals surface area contributed by atoms with Crippen LogP contribution in [0.3, 0.4) is 0 Å². The molecule has 0 saturated carbocycles. The Bertz CT molecular complexity index is 1250. The summed E-state index contributed by atoms with van der Waals surface area (Å²) >= 11 is 6.11. The standard InChI is InChI=1S/C19H22ClN5O4/c1-19(2,3)10-6-11(20)15(27)12(7-10)22-13(26)8-25-9-21-14-16(25)23(4)18(29)24(5)17(14)28/h6-7,9,27H,8H2,1-5H3,(H,22,26). The third-order valence-electron chi connectivity index (χ3n) is 4.73. The fourth-order valence-corrected chi connectivity index (χ4v) is 3.25. The molecule has 29 heavy (non-hydrogen) atoms. The normalized spacial score (nSPS) is 11.8. The molecule has 0 spiro atoms. The zero-order valence-electron chi connectivity index (χ0n) is 16.8. The first kappa shape index (κ1) is 20.7. The van der Waals surface area contributed by atoms with Crippen LogP contribution in [0.25, 0.3) is 11.2 Å². The van der Waals surface area contributed by atoms with Crippen LogP contribution in [-0.2, 0) is 30.8 Å². The van der Waals surface area contributed by atoms with E-state index in [0.29, 0.717) is 0 Å². The number of amides is 1. The molecule has 0 aliphatic carbocycles. The van der Waals surface area contributed by atoms with Crippen molar-refractivity contribution >= 4 is 34.4 Å². The maximum Gasteiger partial charge on any atom is 0.332 e. The predicted molar refractivity (Wildman–Crippen MR) is 111 cm³/mol. The zero-order chi connectivity index (χ0) is 21.7. The lowest BCUT2D eigenvalue weighted by molar-refractivity contribution is -0.116. The fraction of sp³-hybridized carbons (Fsp3) is 0.368. The number of carbonyl (C=O) groups excluding carboxylic acids is 1. The van der Waals surface area contributed by atoms with Gasteiger partial charge in [-0.3, -0.25) is 18.7 Å². The smallest absolute Gasteiger partial charge is 0.332 e. The van der Waals surface area contributed by atoms with Crippen molar-refractivity contribution in [1.82, 2.24) is 18.7 Å². The van der Waals surface area contributed by atoms with Crippen LogP contribution in [0, 0.1) is 0 Å². The molecule has 1 aromatic carbocycles. The highest BCUT2D eigenvalue weighted by atomic mass is 35.5. The topological polar surface area (TPSA) is 111 Å². The molecule has 0 saturated heterocycles. The summed E-state index contributed by atoms with van der Waals surface area (Å²) in [7, 11) is 2.86. The Kier molecular flexibility index (Phi) is 5.04. The lowest BCUT2D eigenvalue weighted by atomic mass is 9.86. The number of nitrogens with one attached hydrogen (secondary N) is 1. The zero-order valence-corrected chi connectivity index (χ0v) is 17.5. The van der Waals surface area contributed by atoms with E-state index < -0.39 is 17.2 Å². The molecule has 154 valence electrons. The summed E-state index contributed by atoms with van der Waals surface area (Å²) in [5, 5.41) is 13.0. The second kappa shape index (κ2) is 7.07. The minimum atomic E-state index is -0.537. The monoisotopic (exact) mass is 419 g/mol. The van der Waals surface area contributed by atoms with Gasteiger partial charge >= 0.3 is 5.69 Å². The Morgan fingerprint density at radius 1 is 1.21 bits per heavy atom. The first-order valence-electron chi connectivity index (χ1n) is 8.85. The van der Waals surface area contributed by atoms with Gasteiger partial charge in [0.15, 0.2) is 11.3 Å². The van der Waals surface area contributed by atoms with Crippen LogP contribution in [0.1, 0.15) is 26.3 Å². The summed E-state index contributed by atoms with van der Waals surface area (Å²) in [6, 6.07) is 3.32. The lowest BCUT2D eigenvalue weighted by Crippen LogP contribution is -2.37. The van der Waals surface area contributed by atoms with Crippen LogP contribution in [-0.4, -0.2) is 29.7 Å². The van der Waals surface area contributed by atoms with E-state index in [9.17, 15) is 19.5 Å². The van der Waals surface area contributed by atoms with Gasteiger partial charge < -0.3 is 15.0 Å². The van der Waals surface area contributed by atoms with Crippen molar-refractivity contribution in [2.24, 2.45) is 14.1 Å². The number of carbonyl (C=O) groups is 1. The van der Waals surface area contributed by atoms with E-state index in [1.807, 2.05) is 20.8 Å². The van der Waals surface area contributed by atoms with Crippen LogP contribution >= 0.6 is 11.6 Å². The van der Waals surface area contributed by atoms with Crippen molar-refractivity contribution in [2.75, 3.05) is 5.32 Å². The van der Waals surface area contributed by atoms with Gasteiger partial charge in [0.2, 0.25) is 5.91 Å². The molecular weight excluding hydrogens is 398 g/mol. The number of halogens is 1. The molecule has 0 unspecified atom stereocenters. The van der Waals surface area contributed by atoms with Crippen molar-refractivity contribution in [3.63, 3.8) is 0 Å². The summed E-state index contributed by atoms with van der Waals surface area (Å²) in [5.41, 5.74) is 0.0464. The molecule has 0 bridgehead atoms. The minimum Gasteiger partial charge on any atom is -0.504 e. The van der Waals surface area contributed by atoms with Gasteiger partial charge in [-0.25, -0.2) is 9.78 Å². The molecule has 0 fully saturated rings. The largest absolute Gasteiger partial charge is 0.504 e. The second-order valence-electron chi connectivity index (χ2n) is 7.90. The van der Waals surface area contributed by atoms with Crippen molar-refractivity contribution < 1.29 is 9.90 Å². The van der Waals surface area contributed by atoms with E-state index in [0.717, 1.165) is 10.1 Å². The number of anilines is 1.